The first kappa shape index (κ1) is 22.0. The summed E-state index contributed by atoms with van der Waals surface area (Å²) in [7, 11) is 1.55. The number of ether oxygens (including phenoxy) is 2. The number of benzene rings is 3. The summed E-state index contributed by atoms with van der Waals surface area (Å²) in [4.78, 5) is 22.4. The molecular weight excluding hydrogens is 466 g/mol. The second kappa shape index (κ2) is 10.4. The van der Waals surface area contributed by atoms with E-state index in [4.69, 9.17) is 9.47 Å². The molecule has 158 valence electrons. The monoisotopic (exact) mass is 483 g/mol. The smallest absolute Gasteiger partial charge is 0.271 e. The van der Waals surface area contributed by atoms with E-state index in [0.717, 1.165) is 10.0 Å². The van der Waals surface area contributed by atoms with Gasteiger partial charge in [-0.1, -0.05) is 34.1 Å². The molecule has 3 rings (SSSR count). The summed E-state index contributed by atoms with van der Waals surface area (Å²) < 4.78 is 12.2. The summed E-state index contributed by atoms with van der Waals surface area (Å²) in [6.07, 6.45) is 1.45. The quantitative estimate of drug-likeness (QED) is 0.284. The molecule has 0 saturated carbocycles. The van der Waals surface area contributed by atoms with Gasteiger partial charge in [-0.15, -0.1) is 0 Å². The summed E-state index contributed by atoms with van der Waals surface area (Å²) in [5.74, 6) is 0.537. The number of hydrogen-bond donors (Lipinski definition) is 1. The largest absolute Gasteiger partial charge is 0.493 e. The van der Waals surface area contributed by atoms with Gasteiger partial charge in [-0.25, -0.2) is 5.43 Å². The molecule has 0 saturated heterocycles. The van der Waals surface area contributed by atoms with E-state index in [1.54, 1.807) is 25.3 Å². The number of amides is 1. The second-order valence-corrected chi connectivity index (χ2v) is 7.25. The van der Waals surface area contributed by atoms with Crippen molar-refractivity contribution in [1.82, 2.24) is 5.43 Å². The van der Waals surface area contributed by atoms with Crippen LogP contribution in [0.1, 0.15) is 21.5 Å². The molecule has 0 aliphatic heterocycles. The minimum atomic E-state index is -0.562. The van der Waals surface area contributed by atoms with Gasteiger partial charge in [0.15, 0.2) is 11.5 Å². The van der Waals surface area contributed by atoms with Crippen LogP contribution in [0.5, 0.6) is 11.5 Å². The number of nitro benzene ring substituents is 1. The van der Waals surface area contributed by atoms with E-state index in [1.807, 2.05) is 24.3 Å². The van der Waals surface area contributed by atoms with Gasteiger partial charge >= 0.3 is 0 Å². The zero-order chi connectivity index (χ0) is 22.2. The van der Waals surface area contributed by atoms with Crippen LogP contribution in [0.2, 0.25) is 0 Å². The molecule has 0 atom stereocenters. The van der Waals surface area contributed by atoms with Gasteiger partial charge in [0, 0.05) is 22.2 Å². The number of halogens is 1. The lowest BCUT2D eigenvalue weighted by Gasteiger charge is -2.11. The highest BCUT2D eigenvalue weighted by Gasteiger charge is 2.11. The van der Waals surface area contributed by atoms with Crippen LogP contribution < -0.4 is 14.9 Å². The number of hydrogen-bond acceptors (Lipinski definition) is 6. The molecule has 0 radical (unpaired) electrons. The fourth-order valence-corrected chi connectivity index (χ4v) is 2.88. The SMILES string of the molecule is COc1ccc(/C=N\NC(=O)c2cccc([N+](=O)[O-])c2)cc1OCc1ccc(Br)cc1. The molecule has 1 N–H and O–H groups in total. The Morgan fingerprint density at radius 3 is 2.61 bits per heavy atom. The highest BCUT2D eigenvalue weighted by atomic mass is 79.9. The molecule has 0 spiro atoms. The zero-order valence-electron chi connectivity index (χ0n) is 16.4. The summed E-state index contributed by atoms with van der Waals surface area (Å²) in [6, 6.07) is 18.4. The molecule has 3 aromatic rings. The summed E-state index contributed by atoms with van der Waals surface area (Å²) in [5, 5.41) is 14.8. The van der Waals surface area contributed by atoms with Gasteiger partial charge in [0.25, 0.3) is 11.6 Å². The van der Waals surface area contributed by atoms with Crippen LogP contribution in [-0.2, 0) is 6.61 Å². The van der Waals surface area contributed by atoms with E-state index < -0.39 is 10.8 Å². The van der Waals surface area contributed by atoms with Gasteiger partial charge in [0.1, 0.15) is 6.61 Å². The maximum atomic E-state index is 12.2. The van der Waals surface area contributed by atoms with Gasteiger partial charge in [-0.05, 0) is 47.5 Å². The van der Waals surface area contributed by atoms with E-state index in [0.29, 0.717) is 23.7 Å². The first-order valence-corrected chi connectivity index (χ1v) is 9.88. The Kier molecular flexibility index (Phi) is 7.34. The molecule has 0 unspecified atom stereocenters. The predicted octanol–water partition coefficient (Wildman–Crippen LogP) is 4.71. The maximum absolute atomic E-state index is 12.2. The maximum Gasteiger partial charge on any atom is 0.271 e. The second-order valence-electron chi connectivity index (χ2n) is 6.33. The predicted molar refractivity (Wildman–Crippen MR) is 120 cm³/mol. The Morgan fingerprint density at radius 2 is 1.90 bits per heavy atom. The Morgan fingerprint density at radius 1 is 1.13 bits per heavy atom. The van der Waals surface area contributed by atoms with Crippen molar-refractivity contribution in [2.45, 2.75) is 6.61 Å². The van der Waals surface area contributed by atoms with E-state index in [-0.39, 0.29) is 11.3 Å². The van der Waals surface area contributed by atoms with Crippen molar-refractivity contribution in [3.8, 4) is 11.5 Å². The van der Waals surface area contributed by atoms with Crippen LogP contribution in [-0.4, -0.2) is 24.2 Å². The fourth-order valence-electron chi connectivity index (χ4n) is 2.62. The van der Waals surface area contributed by atoms with Crippen molar-refractivity contribution in [2.75, 3.05) is 7.11 Å². The van der Waals surface area contributed by atoms with Crippen LogP contribution in [0.25, 0.3) is 0 Å². The van der Waals surface area contributed by atoms with Crippen LogP contribution in [0.4, 0.5) is 5.69 Å². The van der Waals surface area contributed by atoms with Gasteiger partial charge < -0.3 is 9.47 Å². The Balaban J connectivity index is 1.67. The van der Waals surface area contributed by atoms with Crippen molar-refractivity contribution in [1.29, 1.82) is 0 Å². The molecular formula is C22H18BrN3O5. The first-order valence-electron chi connectivity index (χ1n) is 9.09. The van der Waals surface area contributed by atoms with Gasteiger partial charge in [-0.2, -0.15) is 5.10 Å². The number of carbonyl (C=O) groups is 1. The van der Waals surface area contributed by atoms with Gasteiger partial charge in [0.2, 0.25) is 0 Å². The zero-order valence-corrected chi connectivity index (χ0v) is 18.0. The number of non-ortho nitro benzene ring substituents is 1. The number of nitro groups is 1. The lowest BCUT2D eigenvalue weighted by atomic mass is 10.2. The molecule has 0 heterocycles. The number of hydrazone groups is 1. The average molecular weight is 484 g/mol. The van der Waals surface area contributed by atoms with Gasteiger partial charge in [0.05, 0.1) is 18.2 Å². The van der Waals surface area contributed by atoms with Gasteiger partial charge in [-0.3, -0.25) is 14.9 Å². The topological polar surface area (TPSA) is 103 Å². The Labute approximate surface area is 186 Å². The van der Waals surface area contributed by atoms with Crippen molar-refractivity contribution in [3.05, 3.63) is 98.0 Å². The number of rotatable bonds is 8. The number of nitrogens with one attached hydrogen (secondary N) is 1. The van der Waals surface area contributed by atoms with Crippen molar-refractivity contribution in [3.63, 3.8) is 0 Å². The van der Waals surface area contributed by atoms with Crippen LogP contribution >= 0.6 is 15.9 Å². The molecule has 0 aliphatic carbocycles. The van der Waals surface area contributed by atoms with Crippen molar-refractivity contribution < 1.29 is 19.2 Å². The van der Waals surface area contributed by atoms with Crippen LogP contribution in [0.3, 0.4) is 0 Å². The normalized spacial score (nSPS) is 10.6. The molecule has 3 aromatic carbocycles. The van der Waals surface area contributed by atoms with Crippen molar-refractivity contribution >= 4 is 33.7 Å². The highest BCUT2D eigenvalue weighted by Crippen LogP contribution is 2.28. The lowest BCUT2D eigenvalue weighted by molar-refractivity contribution is -0.384. The third kappa shape index (κ3) is 6.13. The van der Waals surface area contributed by atoms with E-state index in [9.17, 15) is 14.9 Å². The standard InChI is InChI=1S/C22H18BrN3O5/c1-30-20-10-7-16(11-21(20)31-14-15-5-8-18(23)9-6-15)13-24-25-22(27)17-3-2-4-19(12-17)26(28)29/h2-13H,14H2,1H3,(H,25,27)/b24-13-. The molecule has 8 nitrogen and oxygen atoms in total. The molecule has 31 heavy (non-hydrogen) atoms. The third-order valence-electron chi connectivity index (χ3n) is 4.19. The van der Waals surface area contributed by atoms with E-state index in [1.165, 1.54) is 30.5 Å². The highest BCUT2D eigenvalue weighted by molar-refractivity contribution is 9.10. The summed E-state index contributed by atoms with van der Waals surface area (Å²) in [5.41, 5.74) is 3.99. The van der Waals surface area contributed by atoms with E-state index >= 15 is 0 Å². The van der Waals surface area contributed by atoms with E-state index in [2.05, 4.69) is 26.5 Å². The minimum absolute atomic E-state index is 0.139. The summed E-state index contributed by atoms with van der Waals surface area (Å²) >= 11 is 3.40. The lowest BCUT2D eigenvalue weighted by Crippen LogP contribution is -2.17. The van der Waals surface area contributed by atoms with Crippen molar-refractivity contribution in [2.24, 2.45) is 5.10 Å². The first-order chi connectivity index (χ1) is 15.0. The molecule has 0 aliphatic rings. The molecule has 0 bridgehead atoms. The molecule has 1 amide bonds. The molecule has 0 fully saturated rings. The molecule has 0 aromatic heterocycles. The Bertz CT molecular complexity index is 1120. The number of carbonyl (C=O) groups excluding carboxylic acids is 1. The number of methoxy groups -OCH3 is 1. The third-order valence-corrected chi connectivity index (χ3v) is 4.72. The fraction of sp³-hybridized carbons (Fsp3) is 0.0909. The van der Waals surface area contributed by atoms with Crippen LogP contribution in [0.15, 0.2) is 76.3 Å². The molecule has 9 heteroatoms. The summed E-state index contributed by atoms with van der Waals surface area (Å²) in [6.45, 7) is 0.355. The minimum Gasteiger partial charge on any atom is -0.493 e. The Hall–Kier alpha value is -3.72. The van der Waals surface area contributed by atoms with Crippen LogP contribution in [0, 0.1) is 10.1 Å². The average Bonchev–Trinajstić information content (AvgIpc) is 2.78. The number of nitrogens with zero attached hydrogens (tertiary/aromatic N) is 2.